The van der Waals surface area contributed by atoms with E-state index in [2.05, 4.69) is 22.3 Å². The van der Waals surface area contributed by atoms with Crippen molar-refractivity contribution in [3.8, 4) is 11.3 Å². The van der Waals surface area contributed by atoms with Gasteiger partial charge in [0.15, 0.2) is 11.6 Å². The van der Waals surface area contributed by atoms with E-state index in [9.17, 15) is 4.79 Å². The van der Waals surface area contributed by atoms with Crippen LogP contribution in [0.2, 0.25) is 0 Å². The molecule has 6 nitrogen and oxygen atoms in total. The molecule has 150 valence electrons. The third-order valence-corrected chi connectivity index (χ3v) is 5.96. The number of benzene rings is 1. The molecule has 1 aromatic carbocycles. The van der Waals surface area contributed by atoms with Crippen molar-refractivity contribution < 1.29 is 14.1 Å². The summed E-state index contributed by atoms with van der Waals surface area (Å²) in [5, 5.41) is 7.54. The smallest absolute Gasteiger partial charge is 0.259 e. The van der Waals surface area contributed by atoms with E-state index in [-0.39, 0.29) is 11.9 Å². The van der Waals surface area contributed by atoms with Crippen LogP contribution in [0.25, 0.3) is 11.3 Å². The monoisotopic (exact) mass is 383 g/mol. The highest BCUT2D eigenvalue weighted by Crippen LogP contribution is 2.33. The Hall–Kier alpha value is -2.34. The van der Waals surface area contributed by atoms with Crippen LogP contribution in [0.15, 0.2) is 34.9 Å². The molecule has 28 heavy (non-hydrogen) atoms. The quantitative estimate of drug-likeness (QED) is 0.849. The van der Waals surface area contributed by atoms with Gasteiger partial charge in [-0.1, -0.05) is 54.8 Å². The van der Waals surface area contributed by atoms with E-state index in [1.807, 2.05) is 30.3 Å². The lowest BCUT2D eigenvalue weighted by atomic mass is 9.84. The molecule has 1 aliphatic heterocycles. The summed E-state index contributed by atoms with van der Waals surface area (Å²) >= 11 is 0. The molecule has 0 bridgehead atoms. The summed E-state index contributed by atoms with van der Waals surface area (Å²) in [4.78, 5) is 15.4. The first-order valence-electron chi connectivity index (χ1n) is 10.4. The highest BCUT2D eigenvalue weighted by atomic mass is 16.5. The summed E-state index contributed by atoms with van der Waals surface area (Å²) in [6.07, 6.45) is 6.20. The second kappa shape index (κ2) is 8.78. The highest BCUT2D eigenvalue weighted by Gasteiger charge is 2.30. The van der Waals surface area contributed by atoms with E-state index in [1.54, 1.807) is 0 Å². The summed E-state index contributed by atoms with van der Waals surface area (Å²) < 4.78 is 11.1. The average molecular weight is 383 g/mol. The highest BCUT2D eigenvalue weighted by molar-refractivity contribution is 6.04. The van der Waals surface area contributed by atoms with Crippen LogP contribution in [0.1, 0.15) is 49.4 Å². The molecule has 2 aromatic rings. The Balaban J connectivity index is 1.62. The third kappa shape index (κ3) is 4.07. The van der Waals surface area contributed by atoms with Gasteiger partial charge in [0.1, 0.15) is 5.56 Å². The number of hydrogen-bond donors (Lipinski definition) is 1. The lowest BCUT2D eigenvalue weighted by Gasteiger charge is -2.29. The molecule has 2 aliphatic rings. The maximum absolute atomic E-state index is 13.3. The molecular formula is C22H29N3O3. The molecule has 0 radical (unpaired) electrons. The van der Waals surface area contributed by atoms with Crippen LogP contribution in [-0.2, 0) is 4.74 Å². The standard InChI is InChI=1S/C22H29N3O3/c1-16(17-8-4-2-5-9-17)23-22(26)19-20(18-10-6-3-7-11-18)28-24-21(19)25-12-14-27-15-13-25/h3,6-7,10-11,16-17H,2,4-5,8-9,12-15H2,1H3,(H,23,26). The maximum atomic E-state index is 13.3. The minimum Gasteiger partial charge on any atom is -0.378 e. The molecule has 1 unspecified atom stereocenters. The van der Waals surface area contributed by atoms with Crippen LogP contribution in [0, 0.1) is 5.92 Å². The molecular weight excluding hydrogens is 354 g/mol. The topological polar surface area (TPSA) is 67.6 Å². The summed E-state index contributed by atoms with van der Waals surface area (Å²) in [6, 6.07) is 9.88. The van der Waals surface area contributed by atoms with Crippen molar-refractivity contribution in [2.24, 2.45) is 5.92 Å². The molecule has 1 saturated carbocycles. The van der Waals surface area contributed by atoms with Crippen LogP contribution < -0.4 is 10.2 Å². The minimum absolute atomic E-state index is 0.0975. The van der Waals surface area contributed by atoms with E-state index >= 15 is 0 Å². The van der Waals surface area contributed by atoms with Gasteiger partial charge in [-0.3, -0.25) is 4.79 Å². The van der Waals surface area contributed by atoms with E-state index in [4.69, 9.17) is 9.26 Å². The number of nitrogens with zero attached hydrogens (tertiary/aromatic N) is 2. The molecule has 1 aromatic heterocycles. The number of amides is 1. The van der Waals surface area contributed by atoms with Gasteiger partial charge in [0, 0.05) is 24.7 Å². The zero-order valence-corrected chi connectivity index (χ0v) is 16.5. The van der Waals surface area contributed by atoms with Crippen molar-refractivity contribution in [1.82, 2.24) is 10.5 Å². The summed E-state index contributed by atoms with van der Waals surface area (Å²) in [6.45, 7) is 4.80. The fourth-order valence-corrected chi connectivity index (χ4v) is 4.29. The SMILES string of the molecule is CC(NC(=O)c1c(N2CCOCC2)noc1-c1ccccc1)C1CCCCC1. The Morgan fingerprint density at radius 2 is 1.86 bits per heavy atom. The van der Waals surface area contributed by atoms with Crippen LogP contribution in [0.3, 0.4) is 0 Å². The second-order valence-electron chi connectivity index (χ2n) is 7.84. The van der Waals surface area contributed by atoms with Gasteiger partial charge in [-0.2, -0.15) is 0 Å². The number of anilines is 1. The van der Waals surface area contributed by atoms with E-state index in [1.165, 1.54) is 32.1 Å². The molecule has 1 N–H and O–H groups in total. The van der Waals surface area contributed by atoms with Crippen LogP contribution in [0.5, 0.6) is 0 Å². The second-order valence-corrected chi connectivity index (χ2v) is 7.84. The summed E-state index contributed by atoms with van der Waals surface area (Å²) in [5.74, 6) is 1.61. The van der Waals surface area contributed by atoms with Crippen LogP contribution >= 0.6 is 0 Å². The molecule has 1 aliphatic carbocycles. The first kappa shape index (κ1) is 19.0. The normalized spacial score (nSPS) is 19.4. The Kier molecular flexibility index (Phi) is 5.95. The summed E-state index contributed by atoms with van der Waals surface area (Å²) in [7, 11) is 0. The van der Waals surface area contributed by atoms with Crippen molar-refractivity contribution in [2.45, 2.75) is 45.1 Å². The van der Waals surface area contributed by atoms with Crippen LogP contribution in [0.4, 0.5) is 5.82 Å². The number of aromatic nitrogens is 1. The molecule has 1 amide bonds. The van der Waals surface area contributed by atoms with Gasteiger partial charge in [0.2, 0.25) is 0 Å². The minimum atomic E-state index is -0.0975. The number of hydrogen-bond acceptors (Lipinski definition) is 5. The van der Waals surface area contributed by atoms with Gasteiger partial charge in [-0.05, 0) is 25.7 Å². The number of carbonyl (C=O) groups excluding carboxylic acids is 1. The molecule has 2 fully saturated rings. The van der Waals surface area contributed by atoms with Gasteiger partial charge in [-0.15, -0.1) is 0 Å². The number of morpholine rings is 1. The first-order chi connectivity index (χ1) is 13.7. The fourth-order valence-electron chi connectivity index (χ4n) is 4.29. The lowest BCUT2D eigenvalue weighted by Crippen LogP contribution is -2.41. The number of rotatable bonds is 5. The van der Waals surface area contributed by atoms with E-state index in [0.29, 0.717) is 49.4 Å². The van der Waals surface area contributed by atoms with Gasteiger partial charge >= 0.3 is 0 Å². The van der Waals surface area contributed by atoms with Crippen molar-refractivity contribution >= 4 is 11.7 Å². The zero-order chi connectivity index (χ0) is 19.3. The largest absolute Gasteiger partial charge is 0.378 e. The zero-order valence-electron chi connectivity index (χ0n) is 16.5. The third-order valence-electron chi connectivity index (χ3n) is 5.96. The Morgan fingerprint density at radius 3 is 2.57 bits per heavy atom. The Morgan fingerprint density at radius 1 is 1.14 bits per heavy atom. The van der Waals surface area contributed by atoms with Crippen molar-refractivity contribution in [1.29, 1.82) is 0 Å². The van der Waals surface area contributed by atoms with Gasteiger partial charge < -0.3 is 19.5 Å². The lowest BCUT2D eigenvalue weighted by molar-refractivity contribution is 0.0918. The maximum Gasteiger partial charge on any atom is 0.259 e. The molecule has 6 heteroatoms. The summed E-state index contributed by atoms with van der Waals surface area (Å²) in [5.41, 5.74) is 1.40. The number of nitrogens with one attached hydrogen (secondary N) is 1. The van der Waals surface area contributed by atoms with E-state index < -0.39 is 0 Å². The predicted octanol–water partition coefficient (Wildman–Crippen LogP) is 3.88. The van der Waals surface area contributed by atoms with Crippen molar-refractivity contribution in [3.63, 3.8) is 0 Å². The van der Waals surface area contributed by atoms with Gasteiger partial charge in [0.05, 0.1) is 13.2 Å². The molecule has 1 atom stereocenters. The Bertz CT molecular complexity index is 778. The molecule has 4 rings (SSSR count). The van der Waals surface area contributed by atoms with Crippen molar-refractivity contribution in [3.05, 3.63) is 35.9 Å². The van der Waals surface area contributed by atoms with Crippen LogP contribution in [-0.4, -0.2) is 43.4 Å². The molecule has 0 spiro atoms. The molecule has 2 heterocycles. The predicted molar refractivity (Wildman–Crippen MR) is 108 cm³/mol. The van der Waals surface area contributed by atoms with Crippen molar-refractivity contribution in [2.75, 3.05) is 31.2 Å². The number of ether oxygens (including phenoxy) is 1. The first-order valence-corrected chi connectivity index (χ1v) is 10.4. The average Bonchev–Trinajstić information content (AvgIpc) is 3.21. The molecule has 1 saturated heterocycles. The number of carbonyl (C=O) groups is 1. The van der Waals surface area contributed by atoms with E-state index in [0.717, 1.165) is 5.56 Å². The van der Waals surface area contributed by atoms with Gasteiger partial charge in [-0.25, -0.2) is 0 Å². The van der Waals surface area contributed by atoms with Gasteiger partial charge in [0.25, 0.3) is 5.91 Å². The Labute approximate surface area is 166 Å². The fraction of sp³-hybridized carbons (Fsp3) is 0.545.